The largest absolute Gasteiger partial charge is 0.330 e. The molecule has 0 amide bonds. The van der Waals surface area contributed by atoms with E-state index in [4.69, 9.17) is 11.5 Å². The van der Waals surface area contributed by atoms with Gasteiger partial charge in [0.1, 0.15) is 6.17 Å². The van der Waals surface area contributed by atoms with E-state index in [1.807, 2.05) is 13.1 Å². The van der Waals surface area contributed by atoms with Crippen molar-refractivity contribution in [2.75, 3.05) is 6.54 Å². The Morgan fingerprint density at radius 1 is 1.40 bits per heavy atom. The number of aliphatic imine (C=N–C) groups is 1. The normalized spacial score (nSPS) is 17.9. The van der Waals surface area contributed by atoms with Crippen LogP contribution in [-0.2, 0) is 0 Å². The van der Waals surface area contributed by atoms with Gasteiger partial charge in [0.2, 0.25) is 0 Å². The lowest BCUT2D eigenvalue weighted by atomic mass is 10.1. The minimum Gasteiger partial charge on any atom is -0.330 e. The summed E-state index contributed by atoms with van der Waals surface area (Å²) in [6.07, 6.45) is 5.40. The van der Waals surface area contributed by atoms with Crippen LogP contribution in [0.3, 0.4) is 0 Å². The van der Waals surface area contributed by atoms with Gasteiger partial charge < -0.3 is 11.5 Å². The highest BCUT2D eigenvalue weighted by atomic mass is 15.1. The predicted octanol–water partition coefficient (Wildman–Crippen LogP) is 1.06. The highest BCUT2D eigenvalue weighted by molar-refractivity contribution is 5.57. The van der Waals surface area contributed by atoms with E-state index in [9.17, 15) is 0 Å². The maximum atomic E-state index is 5.69. The van der Waals surface area contributed by atoms with Gasteiger partial charge >= 0.3 is 0 Å². The van der Waals surface area contributed by atoms with Gasteiger partial charge in [0.05, 0.1) is 6.17 Å². The van der Waals surface area contributed by atoms with Crippen LogP contribution < -0.4 is 16.8 Å². The minimum atomic E-state index is -0.0488. The van der Waals surface area contributed by atoms with Gasteiger partial charge in [0.15, 0.2) is 0 Å². The molecule has 0 rings (SSSR count). The van der Waals surface area contributed by atoms with Crippen molar-refractivity contribution in [1.82, 2.24) is 5.32 Å². The van der Waals surface area contributed by atoms with E-state index in [1.165, 1.54) is 12.8 Å². The summed E-state index contributed by atoms with van der Waals surface area (Å²) >= 11 is 0. The number of rotatable bonds is 8. The molecule has 0 saturated carbocycles. The smallest absolute Gasteiger partial charge is 0.104 e. The molecule has 0 aromatic rings. The molecule has 15 heavy (non-hydrogen) atoms. The zero-order valence-electron chi connectivity index (χ0n) is 10.2. The SMILES string of the molecule is CCCCC=NC(NC(C)N)C(C)CN. The van der Waals surface area contributed by atoms with E-state index in [0.29, 0.717) is 12.5 Å². The molecule has 0 bridgehead atoms. The second-order valence-corrected chi connectivity index (χ2v) is 4.09. The average molecular weight is 214 g/mol. The summed E-state index contributed by atoms with van der Waals surface area (Å²) in [6, 6.07) is 0. The third kappa shape index (κ3) is 7.48. The average Bonchev–Trinajstić information content (AvgIpc) is 2.21. The first kappa shape index (κ1) is 14.6. The van der Waals surface area contributed by atoms with Gasteiger partial charge in [-0.3, -0.25) is 10.3 Å². The van der Waals surface area contributed by atoms with E-state index >= 15 is 0 Å². The standard InChI is InChI=1S/C11H26N4/c1-4-5-6-7-14-11(9(2)8-12)15-10(3)13/h7,9-11,15H,4-6,8,12-13H2,1-3H3. The second-order valence-electron chi connectivity index (χ2n) is 4.09. The lowest BCUT2D eigenvalue weighted by molar-refractivity contribution is 0.362. The van der Waals surface area contributed by atoms with Crippen molar-refractivity contribution < 1.29 is 0 Å². The Balaban J connectivity index is 4.05. The second kappa shape index (κ2) is 8.83. The van der Waals surface area contributed by atoms with Crippen LogP contribution in [-0.4, -0.2) is 25.1 Å². The molecule has 0 spiro atoms. The Bertz CT molecular complexity index is 168. The molecule has 0 heterocycles. The van der Waals surface area contributed by atoms with Crippen LogP contribution >= 0.6 is 0 Å². The summed E-state index contributed by atoms with van der Waals surface area (Å²) in [5.41, 5.74) is 11.3. The zero-order chi connectivity index (χ0) is 11.7. The summed E-state index contributed by atoms with van der Waals surface area (Å²) in [6.45, 7) is 6.79. The molecular formula is C11H26N4. The zero-order valence-corrected chi connectivity index (χ0v) is 10.2. The van der Waals surface area contributed by atoms with Gasteiger partial charge in [-0.25, -0.2) is 0 Å². The van der Waals surface area contributed by atoms with Crippen LogP contribution in [0.15, 0.2) is 4.99 Å². The maximum absolute atomic E-state index is 5.69. The molecule has 3 unspecified atom stereocenters. The molecule has 3 atom stereocenters. The summed E-state index contributed by atoms with van der Waals surface area (Å²) in [5, 5.41) is 3.21. The third-order valence-corrected chi connectivity index (χ3v) is 2.30. The Morgan fingerprint density at radius 3 is 2.53 bits per heavy atom. The van der Waals surface area contributed by atoms with E-state index in [0.717, 1.165) is 6.42 Å². The third-order valence-electron chi connectivity index (χ3n) is 2.30. The van der Waals surface area contributed by atoms with Crippen LogP contribution in [0.1, 0.15) is 40.0 Å². The monoisotopic (exact) mass is 214 g/mol. The number of hydrogen-bond acceptors (Lipinski definition) is 4. The predicted molar refractivity (Wildman–Crippen MR) is 66.8 cm³/mol. The summed E-state index contributed by atoms with van der Waals surface area (Å²) in [7, 11) is 0. The van der Waals surface area contributed by atoms with Crippen molar-refractivity contribution in [3.05, 3.63) is 0 Å². The number of nitrogens with one attached hydrogen (secondary N) is 1. The quantitative estimate of drug-likeness (QED) is 0.321. The molecule has 0 saturated heterocycles. The van der Waals surface area contributed by atoms with Gasteiger partial charge in [0, 0.05) is 12.1 Å². The lowest BCUT2D eigenvalue weighted by Crippen LogP contribution is -2.45. The Hall–Kier alpha value is -0.450. The number of unbranched alkanes of at least 4 members (excludes halogenated alkanes) is 2. The van der Waals surface area contributed by atoms with Gasteiger partial charge in [-0.15, -0.1) is 0 Å². The molecule has 5 N–H and O–H groups in total. The summed E-state index contributed by atoms with van der Waals surface area (Å²) < 4.78 is 0. The molecule has 0 aromatic heterocycles. The lowest BCUT2D eigenvalue weighted by Gasteiger charge is -2.22. The van der Waals surface area contributed by atoms with Crippen molar-refractivity contribution in [3.8, 4) is 0 Å². The molecule has 4 heteroatoms. The highest BCUT2D eigenvalue weighted by Gasteiger charge is 2.14. The fourth-order valence-corrected chi connectivity index (χ4v) is 1.24. The first-order valence-electron chi connectivity index (χ1n) is 5.85. The van der Waals surface area contributed by atoms with Crippen molar-refractivity contribution in [1.29, 1.82) is 0 Å². The van der Waals surface area contributed by atoms with Gasteiger partial charge in [0.25, 0.3) is 0 Å². The van der Waals surface area contributed by atoms with Gasteiger partial charge in [-0.1, -0.05) is 20.3 Å². The molecule has 0 fully saturated rings. The van der Waals surface area contributed by atoms with E-state index in [2.05, 4.69) is 24.2 Å². The Morgan fingerprint density at radius 2 is 2.07 bits per heavy atom. The molecule has 0 aliphatic carbocycles. The van der Waals surface area contributed by atoms with Crippen molar-refractivity contribution in [3.63, 3.8) is 0 Å². The molecule has 0 aliphatic rings. The van der Waals surface area contributed by atoms with E-state index in [-0.39, 0.29) is 12.3 Å². The van der Waals surface area contributed by atoms with Crippen LogP contribution in [0.2, 0.25) is 0 Å². The minimum absolute atomic E-state index is 0.0480. The number of nitrogens with zero attached hydrogens (tertiary/aromatic N) is 1. The Kier molecular flexibility index (Phi) is 8.56. The number of hydrogen-bond donors (Lipinski definition) is 3. The van der Waals surface area contributed by atoms with E-state index < -0.39 is 0 Å². The fraction of sp³-hybridized carbons (Fsp3) is 0.909. The summed E-state index contributed by atoms with van der Waals surface area (Å²) in [5.74, 6) is 0.314. The fourth-order valence-electron chi connectivity index (χ4n) is 1.24. The molecule has 0 aliphatic heterocycles. The van der Waals surface area contributed by atoms with E-state index in [1.54, 1.807) is 0 Å². The molecular weight excluding hydrogens is 188 g/mol. The maximum Gasteiger partial charge on any atom is 0.104 e. The topological polar surface area (TPSA) is 76.4 Å². The van der Waals surface area contributed by atoms with Gasteiger partial charge in [-0.2, -0.15) is 0 Å². The van der Waals surface area contributed by atoms with Crippen LogP contribution in [0.4, 0.5) is 0 Å². The highest BCUT2D eigenvalue weighted by Crippen LogP contribution is 2.03. The molecule has 4 nitrogen and oxygen atoms in total. The first-order chi connectivity index (χ1) is 7.11. The van der Waals surface area contributed by atoms with Crippen molar-refractivity contribution in [2.24, 2.45) is 22.4 Å². The van der Waals surface area contributed by atoms with Gasteiger partial charge in [-0.05, 0) is 26.3 Å². The first-order valence-corrected chi connectivity index (χ1v) is 5.85. The van der Waals surface area contributed by atoms with Crippen molar-refractivity contribution >= 4 is 6.21 Å². The van der Waals surface area contributed by atoms with Crippen LogP contribution in [0.25, 0.3) is 0 Å². The molecule has 90 valence electrons. The molecule has 0 aromatic carbocycles. The van der Waals surface area contributed by atoms with Crippen molar-refractivity contribution in [2.45, 2.75) is 52.4 Å². The number of nitrogens with two attached hydrogens (primary N) is 2. The Labute approximate surface area is 93.5 Å². The van der Waals surface area contributed by atoms with Crippen LogP contribution in [0.5, 0.6) is 0 Å². The molecule has 0 radical (unpaired) electrons. The van der Waals surface area contributed by atoms with Crippen LogP contribution in [0, 0.1) is 5.92 Å². The summed E-state index contributed by atoms with van der Waals surface area (Å²) in [4.78, 5) is 4.48.